The minimum absolute atomic E-state index is 0.613. The highest BCUT2D eigenvalue weighted by Gasteiger charge is 2.25. The summed E-state index contributed by atoms with van der Waals surface area (Å²) in [6.07, 6.45) is 3.49. The lowest BCUT2D eigenvalue weighted by atomic mass is 10.1. The molecule has 0 saturated heterocycles. The molecular weight excluding hydrogens is 290 g/mol. The number of nitrogens with two attached hydrogens (primary N) is 1. The number of rotatable bonds is 2. The van der Waals surface area contributed by atoms with Crippen molar-refractivity contribution in [2.45, 2.75) is 32.1 Å². The normalized spacial score (nSPS) is 18.0. The van der Waals surface area contributed by atoms with E-state index in [0.717, 1.165) is 34.4 Å². The average Bonchev–Trinajstić information content (AvgIpc) is 2.88. The van der Waals surface area contributed by atoms with Crippen LogP contribution in [0, 0.1) is 0 Å². The lowest BCUT2D eigenvalue weighted by Gasteiger charge is -2.05. The fraction of sp³-hybridized carbons (Fsp3) is 0.357. The molecule has 0 radical (unpaired) electrons. The number of hydrogen-bond acceptors (Lipinski definition) is 2. The summed E-state index contributed by atoms with van der Waals surface area (Å²) in [4.78, 5) is 8.18. The van der Waals surface area contributed by atoms with Gasteiger partial charge in [-0.3, -0.25) is 0 Å². The number of imidazole rings is 1. The zero-order chi connectivity index (χ0) is 12.7. The SMILES string of the molecule is CCC1CCc2[nH]c(-c3ccc(Br)cc3N)nc21. The van der Waals surface area contributed by atoms with E-state index < -0.39 is 0 Å². The van der Waals surface area contributed by atoms with Gasteiger partial charge in [0.2, 0.25) is 0 Å². The van der Waals surface area contributed by atoms with Crippen molar-refractivity contribution in [3.63, 3.8) is 0 Å². The van der Waals surface area contributed by atoms with Crippen LogP contribution in [0.4, 0.5) is 5.69 Å². The van der Waals surface area contributed by atoms with Crippen LogP contribution in [-0.2, 0) is 6.42 Å². The molecule has 1 heterocycles. The average molecular weight is 306 g/mol. The maximum absolute atomic E-state index is 6.05. The van der Waals surface area contributed by atoms with Gasteiger partial charge in [0.15, 0.2) is 0 Å². The number of aryl methyl sites for hydroxylation is 1. The second kappa shape index (κ2) is 4.43. The second-order valence-electron chi connectivity index (χ2n) is 4.82. The molecule has 3 rings (SSSR count). The Labute approximate surface area is 115 Å². The lowest BCUT2D eigenvalue weighted by Crippen LogP contribution is -1.94. The number of nitrogens with one attached hydrogen (secondary N) is 1. The van der Waals surface area contributed by atoms with Gasteiger partial charge in [-0.25, -0.2) is 4.98 Å². The third kappa shape index (κ3) is 1.85. The second-order valence-corrected chi connectivity index (χ2v) is 5.74. The van der Waals surface area contributed by atoms with Crippen molar-refractivity contribution in [3.05, 3.63) is 34.1 Å². The number of fused-ring (bicyclic) bond motifs is 1. The van der Waals surface area contributed by atoms with Crippen LogP contribution in [0.2, 0.25) is 0 Å². The molecule has 1 unspecified atom stereocenters. The number of anilines is 1. The number of halogens is 1. The first kappa shape index (κ1) is 11.8. The fourth-order valence-electron chi connectivity index (χ4n) is 2.68. The van der Waals surface area contributed by atoms with Gasteiger partial charge in [-0.15, -0.1) is 0 Å². The molecular formula is C14H16BrN3. The largest absolute Gasteiger partial charge is 0.398 e. The Morgan fingerprint density at radius 1 is 1.50 bits per heavy atom. The van der Waals surface area contributed by atoms with Crippen LogP contribution >= 0.6 is 15.9 Å². The lowest BCUT2D eigenvalue weighted by molar-refractivity contribution is 0.641. The van der Waals surface area contributed by atoms with Crippen molar-refractivity contribution in [1.82, 2.24) is 9.97 Å². The number of nitrogens with zero attached hydrogens (tertiary/aromatic N) is 1. The Hall–Kier alpha value is -1.29. The summed E-state index contributed by atoms with van der Waals surface area (Å²) < 4.78 is 0.995. The quantitative estimate of drug-likeness (QED) is 0.828. The maximum Gasteiger partial charge on any atom is 0.139 e. The fourth-order valence-corrected chi connectivity index (χ4v) is 3.06. The minimum atomic E-state index is 0.613. The molecule has 0 saturated carbocycles. The summed E-state index contributed by atoms with van der Waals surface area (Å²) in [6.45, 7) is 2.22. The molecule has 0 bridgehead atoms. The predicted molar refractivity (Wildman–Crippen MR) is 77.5 cm³/mol. The van der Waals surface area contributed by atoms with Crippen LogP contribution in [-0.4, -0.2) is 9.97 Å². The third-order valence-electron chi connectivity index (χ3n) is 3.70. The van der Waals surface area contributed by atoms with Gasteiger partial charge in [0.25, 0.3) is 0 Å². The van der Waals surface area contributed by atoms with Gasteiger partial charge in [-0.05, 0) is 37.5 Å². The standard InChI is InChI=1S/C14H16BrN3/c1-2-8-3-6-12-13(8)18-14(17-12)10-5-4-9(15)7-11(10)16/h4-5,7-8H,2-3,6,16H2,1H3,(H,17,18). The summed E-state index contributed by atoms with van der Waals surface area (Å²) in [5, 5.41) is 0. The molecule has 0 spiro atoms. The van der Waals surface area contributed by atoms with Gasteiger partial charge >= 0.3 is 0 Å². The van der Waals surface area contributed by atoms with E-state index in [4.69, 9.17) is 10.7 Å². The summed E-state index contributed by atoms with van der Waals surface area (Å²) >= 11 is 3.42. The van der Waals surface area contributed by atoms with Crippen molar-refractivity contribution in [2.24, 2.45) is 0 Å². The zero-order valence-electron chi connectivity index (χ0n) is 10.3. The first-order valence-electron chi connectivity index (χ1n) is 6.33. The van der Waals surface area contributed by atoms with E-state index in [2.05, 4.69) is 27.8 Å². The summed E-state index contributed by atoms with van der Waals surface area (Å²) in [7, 11) is 0. The number of benzene rings is 1. The molecule has 18 heavy (non-hydrogen) atoms. The smallest absolute Gasteiger partial charge is 0.139 e. The van der Waals surface area contributed by atoms with Gasteiger partial charge in [0, 0.05) is 27.3 Å². The molecule has 94 valence electrons. The Bertz CT molecular complexity index is 589. The summed E-state index contributed by atoms with van der Waals surface area (Å²) in [5.74, 6) is 1.52. The van der Waals surface area contributed by atoms with E-state index in [1.807, 2.05) is 18.2 Å². The van der Waals surface area contributed by atoms with E-state index in [0.29, 0.717) is 5.92 Å². The van der Waals surface area contributed by atoms with E-state index in [1.54, 1.807) is 0 Å². The van der Waals surface area contributed by atoms with E-state index in [1.165, 1.54) is 17.8 Å². The van der Waals surface area contributed by atoms with Crippen molar-refractivity contribution in [3.8, 4) is 11.4 Å². The number of hydrogen-bond donors (Lipinski definition) is 2. The Morgan fingerprint density at radius 3 is 3.06 bits per heavy atom. The van der Waals surface area contributed by atoms with E-state index in [9.17, 15) is 0 Å². The first-order chi connectivity index (χ1) is 8.69. The monoisotopic (exact) mass is 305 g/mol. The molecule has 1 aromatic heterocycles. The van der Waals surface area contributed by atoms with Crippen LogP contribution in [0.15, 0.2) is 22.7 Å². The molecule has 1 aliphatic rings. The molecule has 1 atom stereocenters. The zero-order valence-corrected chi connectivity index (χ0v) is 11.9. The maximum atomic E-state index is 6.05. The number of nitrogen functional groups attached to an aromatic ring is 1. The topological polar surface area (TPSA) is 54.7 Å². The summed E-state index contributed by atoms with van der Waals surface area (Å²) in [6, 6.07) is 5.92. The molecule has 3 N–H and O–H groups in total. The Kier molecular flexibility index (Phi) is 2.90. The molecule has 4 heteroatoms. The minimum Gasteiger partial charge on any atom is -0.398 e. The first-order valence-corrected chi connectivity index (χ1v) is 7.12. The summed E-state index contributed by atoms with van der Waals surface area (Å²) in [5.41, 5.74) is 10.3. The molecule has 2 aromatic rings. The van der Waals surface area contributed by atoms with Crippen LogP contribution in [0.3, 0.4) is 0 Å². The Balaban J connectivity index is 2.03. The van der Waals surface area contributed by atoms with Gasteiger partial charge in [-0.1, -0.05) is 22.9 Å². The highest BCUT2D eigenvalue weighted by molar-refractivity contribution is 9.10. The van der Waals surface area contributed by atoms with Gasteiger partial charge in [-0.2, -0.15) is 0 Å². The highest BCUT2D eigenvalue weighted by Crippen LogP contribution is 2.36. The Morgan fingerprint density at radius 2 is 2.33 bits per heavy atom. The van der Waals surface area contributed by atoms with E-state index in [-0.39, 0.29) is 0 Å². The molecule has 1 aliphatic carbocycles. The van der Waals surface area contributed by atoms with Gasteiger partial charge < -0.3 is 10.7 Å². The number of H-pyrrole nitrogens is 1. The number of aromatic amines is 1. The van der Waals surface area contributed by atoms with Crippen molar-refractivity contribution in [1.29, 1.82) is 0 Å². The van der Waals surface area contributed by atoms with Crippen LogP contribution in [0.1, 0.15) is 37.1 Å². The molecule has 3 nitrogen and oxygen atoms in total. The van der Waals surface area contributed by atoms with Crippen molar-refractivity contribution >= 4 is 21.6 Å². The molecule has 1 aromatic carbocycles. The van der Waals surface area contributed by atoms with Crippen LogP contribution in [0.5, 0.6) is 0 Å². The van der Waals surface area contributed by atoms with Crippen LogP contribution < -0.4 is 5.73 Å². The van der Waals surface area contributed by atoms with Gasteiger partial charge in [0.05, 0.1) is 5.69 Å². The van der Waals surface area contributed by atoms with E-state index >= 15 is 0 Å². The highest BCUT2D eigenvalue weighted by atomic mass is 79.9. The number of aromatic nitrogens is 2. The van der Waals surface area contributed by atoms with Crippen molar-refractivity contribution in [2.75, 3.05) is 5.73 Å². The molecule has 0 amide bonds. The third-order valence-corrected chi connectivity index (χ3v) is 4.20. The predicted octanol–water partition coefficient (Wildman–Crippen LogP) is 3.86. The van der Waals surface area contributed by atoms with Crippen molar-refractivity contribution < 1.29 is 0 Å². The molecule has 0 aliphatic heterocycles. The van der Waals surface area contributed by atoms with Crippen LogP contribution in [0.25, 0.3) is 11.4 Å². The van der Waals surface area contributed by atoms with Gasteiger partial charge in [0.1, 0.15) is 5.82 Å². The molecule has 0 fully saturated rings.